The number of hydrogen-bond acceptors (Lipinski definition) is 4. The fourth-order valence-corrected chi connectivity index (χ4v) is 1.93. The molecule has 0 spiro atoms. The van der Waals surface area contributed by atoms with Gasteiger partial charge in [-0.25, -0.2) is 4.98 Å². The summed E-state index contributed by atoms with van der Waals surface area (Å²) in [4.78, 5) is 30.5. The first-order valence-electron chi connectivity index (χ1n) is 5.61. The van der Waals surface area contributed by atoms with Crippen LogP contribution in [-0.2, 0) is 4.79 Å². The Bertz CT molecular complexity index is 434. The maximum Gasteiger partial charge on any atom is 0.241 e. The van der Waals surface area contributed by atoms with Gasteiger partial charge in [0, 0.05) is 26.3 Å². The number of aldehydes is 1. The van der Waals surface area contributed by atoms with Gasteiger partial charge in [-0.3, -0.25) is 9.59 Å². The van der Waals surface area contributed by atoms with E-state index in [2.05, 4.69) is 4.98 Å². The molecule has 0 aliphatic carbocycles. The third-order valence-corrected chi connectivity index (χ3v) is 2.92. The van der Waals surface area contributed by atoms with Crippen molar-refractivity contribution >= 4 is 18.0 Å². The van der Waals surface area contributed by atoms with Gasteiger partial charge in [0.25, 0.3) is 0 Å². The van der Waals surface area contributed by atoms with Crippen LogP contribution in [0.5, 0.6) is 0 Å². The lowest BCUT2D eigenvalue weighted by atomic mass is 10.2. The summed E-state index contributed by atoms with van der Waals surface area (Å²) in [5.74, 6) is 0.663. The Morgan fingerprint density at radius 1 is 1.41 bits per heavy atom. The zero-order valence-electron chi connectivity index (χ0n) is 9.80. The smallest absolute Gasteiger partial charge is 0.241 e. The van der Waals surface area contributed by atoms with Crippen LogP contribution in [0.3, 0.4) is 0 Å². The van der Waals surface area contributed by atoms with E-state index < -0.39 is 0 Å². The van der Waals surface area contributed by atoms with Crippen molar-refractivity contribution in [1.82, 2.24) is 9.88 Å². The highest BCUT2D eigenvalue weighted by Gasteiger charge is 2.21. The molecule has 0 saturated carbocycles. The van der Waals surface area contributed by atoms with Gasteiger partial charge in [0.2, 0.25) is 5.91 Å². The average molecular weight is 233 g/mol. The third kappa shape index (κ3) is 2.43. The topological polar surface area (TPSA) is 53.5 Å². The van der Waals surface area contributed by atoms with Crippen LogP contribution in [0.15, 0.2) is 18.3 Å². The number of anilines is 1. The number of hydrogen-bond donors (Lipinski definition) is 0. The molecule has 5 nitrogen and oxygen atoms in total. The number of rotatable bonds is 2. The van der Waals surface area contributed by atoms with E-state index in [4.69, 9.17) is 0 Å². The van der Waals surface area contributed by atoms with Gasteiger partial charge in [-0.15, -0.1) is 0 Å². The van der Waals surface area contributed by atoms with E-state index in [0.717, 1.165) is 25.8 Å². The van der Waals surface area contributed by atoms with E-state index in [-0.39, 0.29) is 12.5 Å². The van der Waals surface area contributed by atoms with E-state index in [1.54, 1.807) is 30.3 Å². The van der Waals surface area contributed by atoms with Crippen LogP contribution < -0.4 is 4.90 Å². The first kappa shape index (κ1) is 11.6. The van der Waals surface area contributed by atoms with Gasteiger partial charge in [-0.2, -0.15) is 0 Å². The fraction of sp³-hybridized carbons (Fsp3) is 0.417. The highest BCUT2D eigenvalue weighted by Crippen LogP contribution is 2.17. The second-order valence-corrected chi connectivity index (χ2v) is 4.12. The van der Waals surface area contributed by atoms with Gasteiger partial charge in [-0.05, 0) is 18.6 Å². The second-order valence-electron chi connectivity index (χ2n) is 4.12. The van der Waals surface area contributed by atoms with Gasteiger partial charge >= 0.3 is 0 Å². The quantitative estimate of drug-likeness (QED) is 0.700. The Labute approximate surface area is 100 Å². The molecule has 1 aromatic heterocycles. The van der Waals surface area contributed by atoms with Crippen molar-refractivity contribution in [3.05, 3.63) is 23.9 Å². The van der Waals surface area contributed by atoms with Crippen molar-refractivity contribution in [2.24, 2.45) is 0 Å². The zero-order chi connectivity index (χ0) is 12.3. The number of carbonyl (C=O) groups excluding carboxylic acids is 2. The van der Waals surface area contributed by atoms with E-state index >= 15 is 0 Å². The maximum absolute atomic E-state index is 11.8. The maximum atomic E-state index is 11.8. The van der Waals surface area contributed by atoms with E-state index in [1.165, 1.54) is 0 Å². The fourth-order valence-electron chi connectivity index (χ4n) is 1.93. The molecule has 1 fully saturated rings. The molecule has 0 N–H and O–H groups in total. The first-order valence-corrected chi connectivity index (χ1v) is 5.61. The minimum atomic E-state index is 0.0602. The summed E-state index contributed by atoms with van der Waals surface area (Å²) in [5, 5.41) is 0. The third-order valence-electron chi connectivity index (χ3n) is 2.92. The minimum Gasteiger partial charge on any atom is -0.347 e. The molecule has 1 saturated heterocycles. The van der Waals surface area contributed by atoms with Gasteiger partial charge in [0.05, 0.1) is 12.1 Å². The minimum absolute atomic E-state index is 0.0602. The lowest BCUT2D eigenvalue weighted by Crippen LogP contribution is -2.35. The number of nitrogens with zero attached hydrogens (tertiary/aromatic N) is 3. The number of amides is 1. The lowest BCUT2D eigenvalue weighted by Gasteiger charge is -2.21. The van der Waals surface area contributed by atoms with E-state index in [1.807, 2.05) is 4.90 Å². The first-order chi connectivity index (χ1) is 8.22. The molecule has 0 bridgehead atoms. The molecule has 0 aromatic carbocycles. The van der Waals surface area contributed by atoms with Crippen molar-refractivity contribution in [1.29, 1.82) is 0 Å². The molecule has 0 atom stereocenters. The van der Waals surface area contributed by atoms with Gasteiger partial charge < -0.3 is 9.80 Å². The SMILES string of the molecule is CN1CCCN(c2ncccc2C=O)CC1=O. The summed E-state index contributed by atoms with van der Waals surface area (Å²) < 4.78 is 0. The Balaban J connectivity index is 2.26. The van der Waals surface area contributed by atoms with Crippen molar-refractivity contribution < 1.29 is 9.59 Å². The molecule has 2 rings (SSSR count). The number of pyridine rings is 1. The second kappa shape index (κ2) is 4.95. The number of likely N-dealkylation sites (N-methyl/N-ethyl adjacent to an activating group) is 1. The van der Waals surface area contributed by atoms with Crippen LogP contribution >= 0.6 is 0 Å². The molecule has 1 aromatic rings. The van der Waals surface area contributed by atoms with E-state index in [0.29, 0.717) is 11.4 Å². The summed E-state index contributed by atoms with van der Waals surface area (Å²) in [6, 6.07) is 3.44. The molecular formula is C12H15N3O2. The van der Waals surface area contributed by atoms with Crippen LogP contribution in [0.4, 0.5) is 5.82 Å². The number of aromatic nitrogens is 1. The normalized spacial score (nSPS) is 16.9. The monoisotopic (exact) mass is 233 g/mol. The molecule has 5 heteroatoms. The van der Waals surface area contributed by atoms with Crippen LogP contribution in [0.25, 0.3) is 0 Å². The van der Waals surface area contributed by atoms with Crippen LogP contribution in [0, 0.1) is 0 Å². The average Bonchev–Trinajstić information content (AvgIpc) is 2.52. The highest BCUT2D eigenvalue weighted by molar-refractivity contribution is 5.86. The predicted octanol–water partition coefficient (Wildman–Crippen LogP) is 0.563. The summed E-state index contributed by atoms with van der Waals surface area (Å²) in [6.07, 6.45) is 3.31. The van der Waals surface area contributed by atoms with Crippen LogP contribution in [0.2, 0.25) is 0 Å². The molecule has 2 heterocycles. The van der Waals surface area contributed by atoms with Crippen LogP contribution in [0.1, 0.15) is 16.8 Å². The predicted molar refractivity (Wildman–Crippen MR) is 64.1 cm³/mol. The van der Waals surface area contributed by atoms with Crippen molar-refractivity contribution in [3.8, 4) is 0 Å². The Hall–Kier alpha value is -1.91. The van der Waals surface area contributed by atoms with Gasteiger partial charge in [-0.1, -0.05) is 0 Å². The van der Waals surface area contributed by atoms with Gasteiger partial charge in [0.15, 0.2) is 6.29 Å². The summed E-state index contributed by atoms with van der Waals surface area (Å²) in [5.41, 5.74) is 0.532. The zero-order valence-corrected chi connectivity index (χ0v) is 9.80. The van der Waals surface area contributed by atoms with E-state index in [9.17, 15) is 9.59 Å². The Morgan fingerprint density at radius 2 is 2.24 bits per heavy atom. The summed E-state index contributed by atoms with van der Waals surface area (Å²) in [7, 11) is 1.80. The summed E-state index contributed by atoms with van der Waals surface area (Å²) in [6.45, 7) is 1.78. The van der Waals surface area contributed by atoms with Crippen molar-refractivity contribution in [3.63, 3.8) is 0 Å². The lowest BCUT2D eigenvalue weighted by molar-refractivity contribution is -0.127. The largest absolute Gasteiger partial charge is 0.347 e. The van der Waals surface area contributed by atoms with Crippen LogP contribution in [-0.4, -0.2) is 48.8 Å². The molecule has 1 aliphatic rings. The standard InChI is InChI=1S/C12H15N3O2/c1-14-6-3-7-15(8-11(14)17)12-10(9-16)4-2-5-13-12/h2,4-5,9H,3,6-8H2,1H3. The molecule has 0 unspecified atom stereocenters. The van der Waals surface area contributed by atoms with Gasteiger partial charge in [0.1, 0.15) is 5.82 Å². The molecule has 90 valence electrons. The van der Waals surface area contributed by atoms with Crippen molar-refractivity contribution in [2.45, 2.75) is 6.42 Å². The molecule has 17 heavy (non-hydrogen) atoms. The highest BCUT2D eigenvalue weighted by atomic mass is 16.2. The summed E-state index contributed by atoms with van der Waals surface area (Å²) >= 11 is 0. The molecule has 0 radical (unpaired) electrons. The Kier molecular flexibility index (Phi) is 3.37. The van der Waals surface area contributed by atoms with Crippen molar-refractivity contribution in [2.75, 3.05) is 31.6 Å². The number of carbonyl (C=O) groups is 2. The molecular weight excluding hydrogens is 218 g/mol. The molecule has 1 aliphatic heterocycles. The molecule has 1 amide bonds. The Morgan fingerprint density at radius 3 is 3.00 bits per heavy atom.